The van der Waals surface area contributed by atoms with Crippen LogP contribution in [-0.4, -0.2) is 8.42 Å². The molecule has 0 aromatic heterocycles. The number of rotatable bonds is 3. The molecule has 0 aliphatic carbocycles. The van der Waals surface area contributed by atoms with Crippen molar-refractivity contribution in [2.45, 2.75) is 25.7 Å². The first-order valence-electron chi connectivity index (χ1n) is 6.22. The SMILES string of the molecule is CC.Cc1ccc(NS(=O)(=O)c2ccccc2)cc1. The van der Waals surface area contributed by atoms with Gasteiger partial charge in [-0.2, -0.15) is 0 Å². The van der Waals surface area contributed by atoms with E-state index < -0.39 is 10.0 Å². The summed E-state index contributed by atoms with van der Waals surface area (Å²) in [7, 11) is -3.48. The van der Waals surface area contributed by atoms with E-state index in [0.29, 0.717) is 5.69 Å². The first-order valence-corrected chi connectivity index (χ1v) is 7.71. The van der Waals surface area contributed by atoms with Gasteiger partial charge >= 0.3 is 0 Å². The predicted octanol–water partition coefficient (Wildman–Crippen LogP) is 3.82. The summed E-state index contributed by atoms with van der Waals surface area (Å²) < 4.78 is 26.5. The molecule has 0 aliphatic rings. The van der Waals surface area contributed by atoms with E-state index in [2.05, 4.69) is 4.72 Å². The molecule has 102 valence electrons. The number of hydrogen-bond donors (Lipinski definition) is 1. The van der Waals surface area contributed by atoms with Crippen LogP contribution < -0.4 is 4.72 Å². The summed E-state index contributed by atoms with van der Waals surface area (Å²) in [5, 5.41) is 0. The van der Waals surface area contributed by atoms with Crippen molar-refractivity contribution >= 4 is 15.7 Å². The van der Waals surface area contributed by atoms with E-state index in [1.54, 1.807) is 42.5 Å². The molecule has 0 bridgehead atoms. The fourth-order valence-corrected chi connectivity index (χ4v) is 2.52. The predicted molar refractivity (Wildman–Crippen MR) is 79.8 cm³/mol. The van der Waals surface area contributed by atoms with Crippen LogP contribution in [-0.2, 0) is 10.0 Å². The Bertz CT molecular complexity index is 590. The van der Waals surface area contributed by atoms with Crippen molar-refractivity contribution < 1.29 is 8.42 Å². The van der Waals surface area contributed by atoms with Crippen molar-refractivity contribution in [1.29, 1.82) is 0 Å². The summed E-state index contributed by atoms with van der Waals surface area (Å²) in [6.07, 6.45) is 0. The highest BCUT2D eigenvalue weighted by Crippen LogP contribution is 2.15. The Kier molecular flexibility index (Phi) is 5.57. The topological polar surface area (TPSA) is 46.2 Å². The van der Waals surface area contributed by atoms with Crippen molar-refractivity contribution in [3.8, 4) is 0 Å². The fraction of sp³-hybridized carbons (Fsp3) is 0.200. The van der Waals surface area contributed by atoms with Gasteiger partial charge in [-0.3, -0.25) is 4.72 Å². The van der Waals surface area contributed by atoms with Crippen molar-refractivity contribution in [1.82, 2.24) is 0 Å². The Hall–Kier alpha value is -1.81. The molecule has 0 saturated carbocycles. The monoisotopic (exact) mass is 277 g/mol. The van der Waals surface area contributed by atoms with E-state index in [9.17, 15) is 8.42 Å². The smallest absolute Gasteiger partial charge is 0.261 e. The Morgan fingerprint density at radius 1 is 0.842 bits per heavy atom. The zero-order chi connectivity index (χ0) is 14.3. The number of nitrogens with one attached hydrogen (secondary N) is 1. The molecular formula is C15H19NO2S. The summed E-state index contributed by atoms with van der Waals surface area (Å²) in [5.41, 5.74) is 1.66. The molecule has 1 N–H and O–H groups in total. The van der Waals surface area contributed by atoms with Gasteiger partial charge in [0.25, 0.3) is 10.0 Å². The average Bonchev–Trinajstić information content (AvgIpc) is 2.44. The van der Waals surface area contributed by atoms with Gasteiger partial charge < -0.3 is 0 Å². The highest BCUT2D eigenvalue weighted by Gasteiger charge is 2.12. The second-order valence-electron chi connectivity index (χ2n) is 3.78. The van der Waals surface area contributed by atoms with Crippen LogP contribution in [0.2, 0.25) is 0 Å². The molecule has 0 heterocycles. The second kappa shape index (κ2) is 6.95. The summed E-state index contributed by atoms with van der Waals surface area (Å²) in [4.78, 5) is 0.264. The van der Waals surface area contributed by atoms with Crippen molar-refractivity contribution in [3.63, 3.8) is 0 Å². The van der Waals surface area contributed by atoms with E-state index in [0.717, 1.165) is 5.56 Å². The molecule has 0 unspecified atom stereocenters. The number of benzene rings is 2. The Morgan fingerprint density at radius 2 is 1.37 bits per heavy atom. The van der Waals surface area contributed by atoms with Crippen LogP contribution in [0.15, 0.2) is 59.5 Å². The van der Waals surface area contributed by atoms with Crippen LogP contribution in [0.3, 0.4) is 0 Å². The van der Waals surface area contributed by atoms with E-state index in [1.807, 2.05) is 32.9 Å². The molecule has 2 rings (SSSR count). The lowest BCUT2D eigenvalue weighted by atomic mass is 10.2. The second-order valence-corrected chi connectivity index (χ2v) is 5.47. The van der Waals surface area contributed by atoms with Crippen LogP contribution in [0.1, 0.15) is 19.4 Å². The first-order chi connectivity index (χ1) is 9.08. The molecule has 0 atom stereocenters. The average molecular weight is 277 g/mol. The molecule has 0 radical (unpaired) electrons. The van der Waals surface area contributed by atoms with E-state index in [-0.39, 0.29) is 4.90 Å². The van der Waals surface area contributed by atoms with Crippen molar-refractivity contribution in [2.75, 3.05) is 4.72 Å². The third-order valence-corrected chi connectivity index (χ3v) is 3.75. The Balaban J connectivity index is 0.000000861. The van der Waals surface area contributed by atoms with Crippen LogP contribution >= 0.6 is 0 Å². The quantitative estimate of drug-likeness (QED) is 0.927. The first kappa shape index (κ1) is 15.2. The maximum Gasteiger partial charge on any atom is 0.261 e. The van der Waals surface area contributed by atoms with Gasteiger partial charge in [-0.15, -0.1) is 0 Å². The maximum atomic E-state index is 12.0. The summed E-state index contributed by atoms with van der Waals surface area (Å²) in [6, 6.07) is 15.5. The van der Waals surface area contributed by atoms with Gasteiger partial charge in [-0.05, 0) is 31.2 Å². The number of hydrogen-bond acceptors (Lipinski definition) is 2. The third-order valence-electron chi connectivity index (χ3n) is 2.36. The molecule has 0 spiro atoms. The minimum absolute atomic E-state index is 0.264. The number of anilines is 1. The molecule has 0 fully saturated rings. The molecule has 3 nitrogen and oxygen atoms in total. The molecule has 0 saturated heterocycles. The van der Waals surface area contributed by atoms with Gasteiger partial charge in [0.2, 0.25) is 0 Å². The highest BCUT2D eigenvalue weighted by molar-refractivity contribution is 7.92. The molecule has 0 amide bonds. The molecule has 4 heteroatoms. The van der Waals surface area contributed by atoms with Crippen LogP contribution in [0.5, 0.6) is 0 Å². The number of sulfonamides is 1. The normalized spacial score (nSPS) is 10.3. The lowest BCUT2D eigenvalue weighted by Gasteiger charge is -2.07. The van der Waals surface area contributed by atoms with Crippen molar-refractivity contribution in [3.05, 3.63) is 60.2 Å². The molecule has 2 aromatic carbocycles. The number of aryl methyl sites for hydroxylation is 1. The summed E-state index contributed by atoms with van der Waals surface area (Å²) >= 11 is 0. The van der Waals surface area contributed by atoms with Gasteiger partial charge in [-0.1, -0.05) is 49.7 Å². The molecule has 2 aromatic rings. The van der Waals surface area contributed by atoms with Crippen LogP contribution in [0, 0.1) is 6.92 Å². The van der Waals surface area contributed by atoms with Gasteiger partial charge in [0.05, 0.1) is 4.90 Å². The van der Waals surface area contributed by atoms with Gasteiger partial charge in [0, 0.05) is 5.69 Å². The maximum absolute atomic E-state index is 12.0. The van der Waals surface area contributed by atoms with Gasteiger partial charge in [0.15, 0.2) is 0 Å². The van der Waals surface area contributed by atoms with Gasteiger partial charge in [-0.25, -0.2) is 8.42 Å². The summed E-state index contributed by atoms with van der Waals surface area (Å²) in [6.45, 7) is 5.95. The van der Waals surface area contributed by atoms with E-state index in [4.69, 9.17) is 0 Å². The standard InChI is InChI=1S/C13H13NO2S.C2H6/c1-11-7-9-12(10-8-11)14-17(15,16)13-5-3-2-4-6-13;1-2/h2-10,14H,1H3;1-2H3. The fourth-order valence-electron chi connectivity index (χ4n) is 1.44. The van der Waals surface area contributed by atoms with Gasteiger partial charge in [0.1, 0.15) is 0 Å². The zero-order valence-electron chi connectivity index (χ0n) is 11.4. The minimum atomic E-state index is -3.48. The third kappa shape index (κ3) is 4.41. The molecule has 0 aliphatic heterocycles. The summed E-state index contributed by atoms with van der Waals surface area (Å²) in [5.74, 6) is 0. The molecule has 19 heavy (non-hydrogen) atoms. The van der Waals surface area contributed by atoms with Crippen LogP contribution in [0.25, 0.3) is 0 Å². The Morgan fingerprint density at radius 3 is 1.89 bits per heavy atom. The van der Waals surface area contributed by atoms with Crippen molar-refractivity contribution in [2.24, 2.45) is 0 Å². The zero-order valence-corrected chi connectivity index (χ0v) is 12.2. The van der Waals surface area contributed by atoms with E-state index >= 15 is 0 Å². The lowest BCUT2D eigenvalue weighted by Crippen LogP contribution is -2.12. The molecular weight excluding hydrogens is 258 g/mol. The minimum Gasteiger partial charge on any atom is -0.280 e. The Labute approximate surface area is 115 Å². The largest absolute Gasteiger partial charge is 0.280 e. The van der Waals surface area contributed by atoms with Crippen LogP contribution in [0.4, 0.5) is 5.69 Å². The van der Waals surface area contributed by atoms with E-state index in [1.165, 1.54) is 0 Å². The highest BCUT2D eigenvalue weighted by atomic mass is 32.2. The lowest BCUT2D eigenvalue weighted by molar-refractivity contribution is 0.601.